The van der Waals surface area contributed by atoms with Crippen LogP contribution in [0.1, 0.15) is 0 Å². The summed E-state index contributed by atoms with van der Waals surface area (Å²) in [6.07, 6.45) is 1.78. The Hall–Kier alpha value is -0.370. The number of hydrogen-bond acceptors (Lipinski definition) is 1. The Bertz CT molecular complexity index is 88.1. The number of rotatable bonds is 1. The van der Waals surface area contributed by atoms with Gasteiger partial charge in [-0.05, 0) is 5.57 Å². The molecule has 40 valence electrons. The van der Waals surface area contributed by atoms with Gasteiger partial charge in [0.25, 0.3) is 0 Å². The molecule has 2 heteroatoms. The fraction of sp³-hybridized carbons (Fsp3) is 0.600. The maximum Gasteiger partial charge on any atom is 0.113 e. The SMILES string of the molecule is FCC1=CCOC1. The third-order valence-electron chi connectivity index (χ3n) is 0.949. The zero-order valence-corrected chi connectivity index (χ0v) is 3.98. The lowest BCUT2D eigenvalue weighted by atomic mass is 10.3. The lowest BCUT2D eigenvalue weighted by Gasteiger charge is -1.87. The van der Waals surface area contributed by atoms with Gasteiger partial charge < -0.3 is 4.74 Å². The first-order valence-corrected chi connectivity index (χ1v) is 2.25. The monoisotopic (exact) mass is 102 g/mol. The zero-order chi connectivity index (χ0) is 5.11. The van der Waals surface area contributed by atoms with Crippen molar-refractivity contribution in [1.82, 2.24) is 0 Å². The third-order valence-corrected chi connectivity index (χ3v) is 0.949. The van der Waals surface area contributed by atoms with Crippen molar-refractivity contribution in [1.29, 1.82) is 0 Å². The minimum Gasteiger partial charge on any atom is -0.373 e. The van der Waals surface area contributed by atoms with E-state index >= 15 is 0 Å². The molecule has 0 bridgehead atoms. The summed E-state index contributed by atoms with van der Waals surface area (Å²) in [7, 11) is 0. The van der Waals surface area contributed by atoms with Crippen molar-refractivity contribution in [3.8, 4) is 0 Å². The molecule has 0 aromatic rings. The Morgan fingerprint density at radius 1 is 1.86 bits per heavy atom. The number of ether oxygens (including phenoxy) is 1. The molecule has 1 aliphatic heterocycles. The Morgan fingerprint density at radius 2 is 2.71 bits per heavy atom. The predicted molar refractivity (Wildman–Crippen MR) is 24.9 cm³/mol. The first kappa shape index (κ1) is 4.78. The van der Waals surface area contributed by atoms with Gasteiger partial charge in [-0.3, -0.25) is 0 Å². The van der Waals surface area contributed by atoms with E-state index in [4.69, 9.17) is 4.74 Å². The summed E-state index contributed by atoms with van der Waals surface area (Å²) in [5, 5.41) is 0. The average Bonchev–Trinajstić information content (AvgIpc) is 2.14. The summed E-state index contributed by atoms with van der Waals surface area (Å²) in [4.78, 5) is 0. The molecule has 1 heterocycles. The van der Waals surface area contributed by atoms with Gasteiger partial charge in [0, 0.05) is 0 Å². The number of alkyl halides is 1. The summed E-state index contributed by atoms with van der Waals surface area (Å²) in [6.45, 7) is 0.746. The van der Waals surface area contributed by atoms with Crippen LogP contribution >= 0.6 is 0 Å². The van der Waals surface area contributed by atoms with Crippen LogP contribution in [0.3, 0.4) is 0 Å². The fourth-order valence-corrected chi connectivity index (χ4v) is 0.519. The van der Waals surface area contributed by atoms with Crippen molar-refractivity contribution in [2.24, 2.45) is 0 Å². The first-order valence-electron chi connectivity index (χ1n) is 2.25. The molecule has 0 saturated heterocycles. The first-order chi connectivity index (χ1) is 3.43. The van der Waals surface area contributed by atoms with Gasteiger partial charge in [-0.15, -0.1) is 0 Å². The number of halogens is 1. The van der Waals surface area contributed by atoms with E-state index in [2.05, 4.69) is 0 Å². The lowest BCUT2D eigenvalue weighted by molar-refractivity contribution is 0.205. The highest BCUT2D eigenvalue weighted by atomic mass is 19.1. The molecule has 1 rings (SSSR count). The molecule has 0 N–H and O–H groups in total. The van der Waals surface area contributed by atoms with Crippen molar-refractivity contribution >= 4 is 0 Å². The molecule has 0 aromatic carbocycles. The van der Waals surface area contributed by atoms with Crippen LogP contribution in [0.25, 0.3) is 0 Å². The molecule has 0 unspecified atom stereocenters. The van der Waals surface area contributed by atoms with Crippen LogP contribution < -0.4 is 0 Å². The van der Waals surface area contributed by atoms with E-state index in [1.165, 1.54) is 0 Å². The second kappa shape index (κ2) is 2.07. The second-order valence-electron chi connectivity index (χ2n) is 1.51. The largest absolute Gasteiger partial charge is 0.373 e. The quantitative estimate of drug-likeness (QED) is 0.447. The van der Waals surface area contributed by atoms with Crippen LogP contribution in [0.4, 0.5) is 4.39 Å². The Labute approximate surface area is 41.8 Å². The van der Waals surface area contributed by atoms with Crippen molar-refractivity contribution in [2.45, 2.75) is 0 Å². The summed E-state index contributed by atoms with van der Waals surface area (Å²) >= 11 is 0. The molecule has 7 heavy (non-hydrogen) atoms. The van der Waals surface area contributed by atoms with Gasteiger partial charge >= 0.3 is 0 Å². The van der Waals surface area contributed by atoms with Crippen LogP contribution in [0.5, 0.6) is 0 Å². The molecule has 0 aromatic heterocycles. The van der Waals surface area contributed by atoms with Gasteiger partial charge in [0.15, 0.2) is 0 Å². The molecular formula is C5H7FO. The van der Waals surface area contributed by atoms with Crippen LogP contribution in [0.2, 0.25) is 0 Å². The Balaban J connectivity index is 2.36. The maximum absolute atomic E-state index is 11.5. The maximum atomic E-state index is 11.5. The van der Waals surface area contributed by atoms with E-state index in [1.807, 2.05) is 0 Å². The van der Waals surface area contributed by atoms with Crippen LogP contribution in [-0.2, 0) is 4.74 Å². The van der Waals surface area contributed by atoms with E-state index < -0.39 is 0 Å². The molecule has 1 aliphatic rings. The second-order valence-corrected chi connectivity index (χ2v) is 1.51. The topological polar surface area (TPSA) is 9.23 Å². The summed E-state index contributed by atoms with van der Waals surface area (Å²) in [6, 6.07) is 0. The van der Waals surface area contributed by atoms with Crippen LogP contribution in [0.15, 0.2) is 11.6 Å². The molecule has 0 amide bonds. The van der Waals surface area contributed by atoms with Gasteiger partial charge in [-0.1, -0.05) is 6.08 Å². The zero-order valence-electron chi connectivity index (χ0n) is 3.98. The molecule has 0 radical (unpaired) electrons. The Kier molecular flexibility index (Phi) is 1.42. The third kappa shape index (κ3) is 0.996. The van der Waals surface area contributed by atoms with Crippen molar-refractivity contribution in [3.63, 3.8) is 0 Å². The van der Waals surface area contributed by atoms with E-state index in [-0.39, 0.29) is 6.67 Å². The van der Waals surface area contributed by atoms with Crippen molar-refractivity contribution < 1.29 is 9.13 Å². The highest BCUT2D eigenvalue weighted by Crippen LogP contribution is 2.02. The van der Waals surface area contributed by atoms with E-state index in [0.717, 1.165) is 5.57 Å². The lowest BCUT2D eigenvalue weighted by Crippen LogP contribution is -1.87. The standard InChI is InChI=1S/C5H7FO/c6-3-5-1-2-7-4-5/h1H,2-4H2. The average molecular weight is 102 g/mol. The molecule has 0 spiro atoms. The smallest absolute Gasteiger partial charge is 0.113 e. The highest BCUT2D eigenvalue weighted by molar-refractivity contribution is 5.06. The summed E-state index contributed by atoms with van der Waals surface area (Å²) in [5.74, 6) is 0. The van der Waals surface area contributed by atoms with E-state index in [0.29, 0.717) is 13.2 Å². The van der Waals surface area contributed by atoms with Crippen molar-refractivity contribution in [2.75, 3.05) is 19.9 Å². The molecule has 0 aliphatic carbocycles. The van der Waals surface area contributed by atoms with Gasteiger partial charge in [0.05, 0.1) is 13.2 Å². The summed E-state index contributed by atoms with van der Waals surface area (Å²) < 4.78 is 16.4. The molecule has 1 nitrogen and oxygen atoms in total. The molecule has 0 fully saturated rings. The van der Waals surface area contributed by atoms with E-state index in [9.17, 15) is 4.39 Å². The minimum atomic E-state index is -0.347. The predicted octanol–water partition coefficient (Wildman–Crippen LogP) is 0.912. The van der Waals surface area contributed by atoms with Crippen LogP contribution in [0, 0.1) is 0 Å². The fourth-order valence-electron chi connectivity index (χ4n) is 0.519. The molecular weight excluding hydrogens is 95.1 g/mol. The van der Waals surface area contributed by atoms with Gasteiger partial charge in [0.2, 0.25) is 0 Å². The van der Waals surface area contributed by atoms with Crippen molar-refractivity contribution in [3.05, 3.63) is 11.6 Å². The highest BCUT2D eigenvalue weighted by Gasteiger charge is 2.01. The van der Waals surface area contributed by atoms with Gasteiger partial charge in [-0.25, -0.2) is 4.39 Å². The number of hydrogen-bond donors (Lipinski definition) is 0. The molecule has 0 atom stereocenters. The van der Waals surface area contributed by atoms with Gasteiger partial charge in [0.1, 0.15) is 6.67 Å². The molecule has 0 saturated carbocycles. The minimum absolute atomic E-state index is 0.347. The summed E-state index contributed by atoms with van der Waals surface area (Å²) in [5.41, 5.74) is 0.778. The van der Waals surface area contributed by atoms with Crippen LogP contribution in [-0.4, -0.2) is 19.9 Å². The Morgan fingerprint density at radius 3 is 3.00 bits per heavy atom. The van der Waals surface area contributed by atoms with Gasteiger partial charge in [-0.2, -0.15) is 0 Å². The normalized spacial score (nSPS) is 19.9. The van der Waals surface area contributed by atoms with E-state index in [1.54, 1.807) is 6.08 Å².